The number of aromatic nitrogens is 1. The van der Waals surface area contributed by atoms with E-state index < -0.39 is 15.9 Å². The Morgan fingerprint density at radius 2 is 1.70 bits per heavy atom. The van der Waals surface area contributed by atoms with Crippen LogP contribution in [-0.2, 0) is 10.0 Å². The molecule has 0 aliphatic rings. The number of pyridine rings is 1. The molecule has 3 aromatic rings. The van der Waals surface area contributed by atoms with Crippen LogP contribution in [-0.4, -0.2) is 40.5 Å². The number of hydrogen-bond acceptors (Lipinski definition) is 6. The Morgan fingerprint density at radius 3 is 2.30 bits per heavy atom. The highest BCUT2D eigenvalue weighted by Gasteiger charge is 2.17. The van der Waals surface area contributed by atoms with Crippen molar-refractivity contribution in [3.8, 4) is 5.75 Å². The van der Waals surface area contributed by atoms with Crippen LogP contribution in [0.1, 0.15) is 10.4 Å². The van der Waals surface area contributed by atoms with Gasteiger partial charge < -0.3 is 15.0 Å². The number of nitrogens with zero attached hydrogens (tertiary/aromatic N) is 2. The van der Waals surface area contributed by atoms with E-state index in [0.717, 1.165) is 5.82 Å². The molecule has 156 valence electrons. The second kappa shape index (κ2) is 8.83. The van der Waals surface area contributed by atoms with Gasteiger partial charge in [-0.15, -0.1) is 0 Å². The molecule has 3 rings (SSSR count). The van der Waals surface area contributed by atoms with Crippen LogP contribution < -0.4 is 19.7 Å². The average Bonchev–Trinajstić information content (AvgIpc) is 2.74. The first kappa shape index (κ1) is 21.1. The maximum Gasteiger partial charge on any atom is 0.261 e. The van der Waals surface area contributed by atoms with Crippen LogP contribution in [0.25, 0.3) is 0 Å². The van der Waals surface area contributed by atoms with Gasteiger partial charge in [-0.05, 0) is 54.6 Å². The molecule has 0 saturated heterocycles. The predicted octanol–water partition coefficient (Wildman–Crippen LogP) is 3.21. The molecule has 0 fully saturated rings. The summed E-state index contributed by atoms with van der Waals surface area (Å²) in [5, 5.41) is 2.72. The minimum absolute atomic E-state index is 0.0213. The van der Waals surface area contributed by atoms with E-state index in [0.29, 0.717) is 17.1 Å². The molecular formula is C21H22N4O4S. The smallest absolute Gasteiger partial charge is 0.261 e. The highest BCUT2D eigenvalue weighted by Crippen LogP contribution is 2.20. The van der Waals surface area contributed by atoms with E-state index in [-0.39, 0.29) is 10.5 Å². The van der Waals surface area contributed by atoms with Gasteiger partial charge in [-0.25, -0.2) is 13.4 Å². The number of benzene rings is 2. The summed E-state index contributed by atoms with van der Waals surface area (Å²) in [5.74, 6) is 0.936. The molecule has 0 bridgehead atoms. The SMILES string of the molecule is COc1ccc(NS(=O)(=O)c2cccc(C(=O)Nc3ccc(N(C)C)nc3)c2)cc1. The first-order valence-electron chi connectivity index (χ1n) is 9.00. The fourth-order valence-corrected chi connectivity index (χ4v) is 3.71. The molecule has 0 spiro atoms. The Labute approximate surface area is 175 Å². The Balaban J connectivity index is 1.76. The van der Waals surface area contributed by atoms with Gasteiger partial charge in [0, 0.05) is 25.3 Å². The van der Waals surface area contributed by atoms with E-state index in [4.69, 9.17) is 4.74 Å². The van der Waals surface area contributed by atoms with Crippen LogP contribution in [0.5, 0.6) is 5.75 Å². The third-order valence-electron chi connectivity index (χ3n) is 4.21. The van der Waals surface area contributed by atoms with Gasteiger partial charge in [-0.3, -0.25) is 9.52 Å². The fraction of sp³-hybridized carbons (Fsp3) is 0.143. The Bertz CT molecular complexity index is 1130. The van der Waals surface area contributed by atoms with Gasteiger partial charge in [0.25, 0.3) is 15.9 Å². The van der Waals surface area contributed by atoms with Crippen LogP contribution in [0.15, 0.2) is 71.8 Å². The van der Waals surface area contributed by atoms with Crippen molar-refractivity contribution in [2.45, 2.75) is 4.90 Å². The van der Waals surface area contributed by atoms with Crippen molar-refractivity contribution in [1.29, 1.82) is 0 Å². The number of methoxy groups -OCH3 is 1. The van der Waals surface area contributed by atoms with Crippen LogP contribution in [0.2, 0.25) is 0 Å². The lowest BCUT2D eigenvalue weighted by Gasteiger charge is -2.12. The molecule has 2 aromatic carbocycles. The largest absolute Gasteiger partial charge is 0.497 e. The minimum Gasteiger partial charge on any atom is -0.497 e. The molecule has 30 heavy (non-hydrogen) atoms. The fourth-order valence-electron chi connectivity index (χ4n) is 2.61. The normalized spacial score (nSPS) is 10.9. The zero-order chi connectivity index (χ0) is 21.7. The minimum atomic E-state index is -3.87. The second-order valence-corrected chi connectivity index (χ2v) is 8.30. The van der Waals surface area contributed by atoms with Crippen molar-refractivity contribution in [2.75, 3.05) is 36.1 Å². The van der Waals surface area contributed by atoms with E-state index in [2.05, 4.69) is 15.0 Å². The van der Waals surface area contributed by atoms with E-state index in [1.54, 1.807) is 48.7 Å². The summed E-state index contributed by atoms with van der Waals surface area (Å²) in [5.41, 5.74) is 1.11. The number of rotatable bonds is 7. The number of amides is 1. The molecule has 9 heteroatoms. The molecule has 2 N–H and O–H groups in total. The van der Waals surface area contributed by atoms with Gasteiger partial charge in [-0.2, -0.15) is 0 Å². The monoisotopic (exact) mass is 426 g/mol. The van der Waals surface area contributed by atoms with Crippen LogP contribution in [0.4, 0.5) is 17.2 Å². The highest BCUT2D eigenvalue weighted by atomic mass is 32.2. The quantitative estimate of drug-likeness (QED) is 0.602. The molecular weight excluding hydrogens is 404 g/mol. The summed E-state index contributed by atoms with van der Waals surface area (Å²) in [6.45, 7) is 0. The molecule has 0 aliphatic heterocycles. The summed E-state index contributed by atoms with van der Waals surface area (Å²) in [4.78, 5) is 18.6. The van der Waals surface area contributed by atoms with Crippen molar-refractivity contribution >= 4 is 33.1 Å². The molecule has 0 saturated carbocycles. The summed E-state index contributed by atoms with van der Waals surface area (Å²) in [7, 11) is 1.40. The molecule has 8 nitrogen and oxygen atoms in total. The molecule has 0 atom stereocenters. The summed E-state index contributed by atoms with van der Waals surface area (Å²) in [6.07, 6.45) is 1.54. The lowest BCUT2D eigenvalue weighted by molar-refractivity contribution is 0.102. The van der Waals surface area contributed by atoms with E-state index >= 15 is 0 Å². The Kier molecular flexibility index (Phi) is 6.22. The standard InChI is InChI=1S/C21H22N4O4S/c1-25(2)20-12-9-17(14-22-20)23-21(26)15-5-4-6-19(13-15)30(27,28)24-16-7-10-18(29-3)11-8-16/h4-14,24H,1-3H3,(H,23,26). The second-order valence-electron chi connectivity index (χ2n) is 6.62. The van der Waals surface area contributed by atoms with Crippen LogP contribution in [0.3, 0.4) is 0 Å². The van der Waals surface area contributed by atoms with E-state index in [1.807, 2.05) is 19.0 Å². The van der Waals surface area contributed by atoms with E-state index in [9.17, 15) is 13.2 Å². The molecule has 0 unspecified atom stereocenters. The Hall–Kier alpha value is -3.59. The number of sulfonamides is 1. The number of carbonyl (C=O) groups excluding carboxylic acids is 1. The molecule has 1 heterocycles. The lowest BCUT2D eigenvalue weighted by atomic mass is 10.2. The number of anilines is 3. The predicted molar refractivity (Wildman–Crippen MR) is 117 cm³/mol. The van der Waals surface area contributed by atoms with Gasteiger partial charge in [-0.1, -0.05) is 6.07 Å². The zero-order valence-electron chi connectivity index (χ0n) is 16.8. The van der Waals surface area contributed by atoms with Crippen molar-refractivity contribution in [1.82, 2.24) is 4.98 Å². The van der Waals surface area contributed by atoms with Crippen molar-refractivity contribution in [3.05, 3.63) is 72.4 Å². The van der Waals surface area contributed by atoms with Gasteiger partial charge in [0.05, 0.1) is 23.9 Å². The van der Waals surface area contributed by atoms with Gasteiger partial charge >= 0.3 is 0 Å². The third-order valence-corrected chi connectivity index (χ3v) is 5.59. The van der Waals surface area contributed by atoms with E-state index in [1.165, 1.54) is 25.3 Å². The molecule has 1 amide bonds. The average molecular weight is 426 g/mol. The zero-order valence-corrected chi connectivity index (χ0v) is 17.6. The first-order valence-corrected chi connectivity index (χ1v) is 10.5. The van der Waals surface area contributed by atoms with Gasteiger partial charge in [0.1, 0.15) is 11.6 Å². The van der Waals surface area contributed by atoms with Crippen molar-refractivity contribution in [2.24, 2.45) is 0 Å². The highest BCUT2D eigenvalue weighted by molar-refractivity contribution is 7.92. The topological polar surface area (TPSA) is 101 Å². The Morgan fingerprint density at radius 1 is 1.00 bits per heavy atom. The van der Waals surface area contributed by atoms with Crippen molar-refractivity contribution < 1.29 is 17.9 Å². The summed E-state index contributed by atoms with van der Waals surface area (Å²) < 4.78 is 33.0. The van der Waals surface area contributed by atoms with Gasteiger partial charge in [0.15, 0.2) is 0 Å². The molecule has 0 radical (unpaired) electrons. The number of ether oxygens (including phenoxy) is 1. The first-order chi connectivity index (χ1) is 14.3. The van der Waals surface area contributed by atoms with Crippen LogP contribution >= 0.6 is 0 Å². The number of nitrogens with one attached hydrogen (secondary N) is 2. The molecule has 1 aromatic heterocycles. The molecule has 0 aliphatic carbocycles. The number of hydrogen-bond donors (Lipinski definition) is 2. The number of carbonyl (C=O) groups is 1. The maximum absolute atomic E-state index is 12.7. The lowest BCUT2D eigenvalue weighted by Crippen LogP contribution is -2.16. The summed E-state index contributed by atoms with van der Waals surface area (Å²) >= 11 is 0. The van der Waals surface area contributed by atoms with Crippen molar-refractivity contribution in [3.63, 3.8) is 0 Å². The van der Waals surface area contributed by atoms with Crippen LogP contribution in [0, 0.1) is 0 Å². The van der Waals surface area contributed by atoms with Gasteiger partial charge in [0.2, 0.25) is 0 Å². The maximum atomic E-state index is 12.7. The third kappa shape index (κ3) is 5.06. The summed E-state index contributed by atoms with van der Waals surface area (Å²) in [6, 6.07) is 15.8.